The first kappa shape index (κ1) is 12.7. The predicted molar refractivity (Wildman–Crippen MR) is 68.8 cm³/mol. The van der Waals surface area contributed by atoms with Crippen molar-refractivity contribution in [3.63, 3.8) is 0 Å². The summed E-state index contributed by atoms with van der Waals surface area (Å²) < 4.78 is 12.4. The lowest BCUT2D eigenvalue weighted by atomic mass is 10.2. The van der Waals surface area contributed by atoms with E-state index >= 15 is 0 Å². The van der Waals surface area contributed by atoms with Crippen LogP contribution in [0.15, 0.2) is 18.2 Å². The Bertz CT molecular complexity index is 554. The van der Waals surface area contributed by atoms with Gasteiger partial charge in [-0.25, -0.2) is 0 Å². The van der Waals surface area contributed by atoms with Crippen LogP contribution in [0.5, 0.6) is 11.5 Å². The molecular formula is C12H14ClN3O2. The van der Waals surface area contributed by atoms with Crippen molar-refractivity contribution in [2.24, 2.45) is 0 Å². The van der Waals surface area contributed by atoms with Crippen LogP contribution >= 0.6 is 11.6 Å². The Morgan fingerprint density at radius 2 is 2.00 bits per heavy atom. The third kappa shape index (κ3) is 2.13. The minimum Gasteiger partial charge on any atom is -0.497 e. The molecule has 0 amide bonds. The molecule has 6 heteroatoms. The number of aryl methyl sites for hydroxylation is 1. The molecule has 1 aromatic heterocycles. The molecule has 0 N–H and O–H groups in total. The van der Waals surface area contributed by atoms with Crippen LogP contribution in [-0.2, 0) is 5.88 Å². The lowest BCUT2D eigenvalue weighted by Crippen LogP contribution is -2.04. The van der Waals surface area contributed by atoms with Gasteiger partial charge in [0, 0.05) is 6.07 Å². The summed E-state index contributed by atoms with van der Waals surface area (Å²) in [6.07, 6.45) is 0. The number of aromatic nitrogens is 3. The lowest BCUT2D eigenvalue weighted by Gasteiger charge is -2.13. The Balaban J connectivity index is 2.59. The van der Waals surface area contributed by atoms with Gasteiger partial charge in [0.05, 0.1) is 25.8 Å². The number of nitrogens with zero attached hydrogens (tertiary/aromatic N) is 3. The number of halogens is 1. The summed E-state index contributed by atoms with van der Waals surface area (Å²) in [6, 6.07) is 5.56. The highest BCUT2D eigenvalue weighted by molar-refractivity contribution is 6.16. The summed E-state index contributed by atoms with van der Waals surface area (Å²) in [5.74, 6) is 3.14. The number of hydrogen-bond donors (Lipinski definition) is 0. The molecule has 0 aliphatic heterocycles. The van der Waals surface area contributed by atoms with E-state index in [0.29, 0.717) is 11.6 Å². The maximum absolute atomic E-state index is 5.86. The molecule has 0 bridgehead atoms. The van der Waals surface area contributed by atoms with Gasteiger partial charge in [-0.05, 0) is 19.1 Å². The largest absolute Gasteiger partial charge is 0.497 e. The van der Waals surface area contributed by atoms with Gasteiger partial charge in [-0.15, -0.1) is 21.8 Å². The van der Waals surface area contributed by atoms with Crippen LogP contribution in [0.25, 0.3) is 5.69 Å². The number of ether oxygens (including phenoxy) is 2. The van der Waals surface area contributed by atoms with E-state index in [9.17, 15) is 0 Å². The standard InChI is InChI=1S/C12H14ClN3O2/c1-8-14-15-12(7-13)16(8)10-5-4-9(17-2)6-11(10)18-3/h4-6H,7H2,1-3H3. The van der Waals surface area contributed by atoms with Crippen LogP contribution in [0.3, 0.4) is 0 Å². The Morgan fingerprint density at radius 3 is 2.61 bits per heavy atom. The summed E-state index contributed by atoms with van der Waals surface area (Å²) in [5.41, 5.74) is 0.844. The van der Waals surface area contributed by atoms with E-state index in [4.69, 9.17) is 21.1 Å². The molecule has 2 rings (SSSR count). The van der Waals surface area contributed by atoms with Crippen LogP contribution < -0.4 is 9.47 Å². The molecule has 0 fully saturated rings. The molecule has 0 spiro atoms. The van der Waals surface area contributed by atoms with Gasteiger partial charge in [0.25, 0.3) is 0 Å². The summed E-state index contributed by atoms with van der Waals surface area (Å²) in [5, 5.41) is 8.05. The average Bonchev–Trinajstić information content (AvgIpc) is 2.78. The second-order valence-corrected chi connectivity index (χ2v) is 3.94. The fraction of sp³-hybridized carbons (Fsp3) is 0.333. The van der Waals surface area contributed by atoms with Gasteiger partial charge in [-0.2, -0.15) is 0 Å². The minimum absolute atomic E-state index is 0.288. The molecule has 96 valence electrons. The zero-order valence-electron chi connectivity index (χ0n) is 10.5. The number of rotatable bonds is 4. The average molecular weight is 268 g/mol. The molecule has 0 aliphatic carbocycles. The maximum Gasteiger partial charge on any atom is 0.152 e. The molecule has 18 heavy (non-hydrogen) atoms. The number of benzene rings is 1. The molecule has 5 nitrogen and oxygen atoms in total. The Hall–Kier alpha value is -1.75. The van der Waals surface area contributed by atoms with Crippen LogP contribution in [0.2, 0.25) is 0 Å². The number of methoxy groups -OCH3 is 2. The lowest BCUT2D eigenvalue weighted by molar-refractivity contribution is 0.393. The fourth-order valence-electron chi connectivity index (χ4n) is 1.78. The van der Waals surface area contributed by atoms with Gasteiger partial charge in [-0.1, -0.05) is 0 Å². The molecule has 0 radical (unpaired) electrons. The monoisotopic (exact) mass is 267 g/mol. The Kier molecular flexibility index (Phi) is 3.72. The van der Waals surface area contributed by atoms with E-state index in [1.165, 1.54) is 0 Å². The maximum atomic E-state index is 5.86. The van der Waals surface area contributed by atoms with E-state index in [-0.39, 0.29) is 5.88 Å². The molecule has 0 aliphatic rings. The molecular weight excluding hydrogens is 254 g/mol. The molecule has 2 aromatic rings. The van der Waals surface area contributed by atoms with Gasteiger partial charge in [0.15, 0.2) is 5.82 Å². The predicted octanol–water partition coefficient (Wildman–Crippen LogP) is 2.33. The van der Waals surface area contributed by atoms with Crippen LogP contribution in [0.1, 0.15) is 11.6 Å². The van der Waals surface area contributed by atoms with Crippen molar-refractivity contribution in [1.82, 2.24) is 14.8 Å². The number of hydrogen-bond acceptors (Lipinski definition) is 4. The van der Waals surface area contributed by atoms with Crippen molar-refractivity contribution in [3.05, 3.63) is 29.8 Å². The first-order valence-electron chi connectivity index (χ1n) is 5.40. The van der Waals surface area contributed by atoms with Gasteiger partial charge in [-0.3, -0.25) is 4.57 Å². The minimum atomic E-state index is 0.288. The van der Waals surface area contributed by atoms with Crippen molar-refractivity contribution in [2.75, 3.05) is 14.2 Å². The molecule has 0 atom stereocenters. The van der Waals surface area contributed by atoms with Crippen molar-refractivity contribution in [2.45, 2.75) is 12.8 Å². The Labute approximate surface area is 110 Å². The van der Waals surface area contributed by atoms with Gasteiger partial charge >= 0.3 is 0 Å². The van der Waals surface area contributed by atoms with Crippen molar-refractivity contribution < 1.29 is 9.47 Å². The molecule has 0 unspecified atom stereocenters. The van der Waals surface area contributed by atoms with E-state index in [0.717, 1.165) is 17.3 Å². The summed E-state index contributed by atoms with van der Waals surface area (Å²) in [4.78, 5) is 0. The molecule has 0 saturated carbocycles. The molecule has 0 saturated heterocycles. The third-order valence-electron chi connectivity index (χ3n) is 2.64. The van der Waals surface area contributed by atoms with Gasteiger partial charge < -0.3 is 9.47 Å². The fourth-order valence-corrected chi connectivity index (χ4v) is 1.95. The normalized spacial score (nSPS) is 10.4. The van der Waals surface area contributed by atoms with Gasteiger partial charge in [0.2, 0.25) is 0 Å². The zero-order valence-corrected chi connectivity index (χ0v) is 11.2. The second-order valence-electron chi connectivity index (χ2n) is 3.67. The van der Waals surface area contributed by atoms with E-state index in [2.05, 4.69) is 10.2 Å². The highest BCUT2D eigenvalue weighted by atomic mass is 35.5. The number of alkyl halides is 1. The van der Waals surface area contributed by atoms with Crippen LogP contribution in [-0.4, -0.2) is 29.0 Å². The van der Waals surface area contributed by atoms with Crippen molar-refractivity contribution in [3.8, 4) is 17.2 Å². The van der Waals surface area contributed by atoms with Crippen molar-refractivity contribution in [1.29, 1.82) is 0 Å². The van der Waals surface area contributed by atoms with Crippen LogP contribution in [0, 0.1) is 6.92 Å². The SMILES string of the molecule is COc1ccc(-n2c(C)nnc2CCl)c(OC)c1. The third-order valence-corrected chi connectivity index (χ3v) is 2.88. The van der Waals surface area contributed by atoms with Crippen LogP contribution in [0.4, 0.5) is 0 Å². The van der Waals surface area contributed by atoms with Crippen molar-refractivity contribution >= 4 is 11.6 Å². The van der Waals surface area contributed by atoms with E-state index < -0.39 is 0 Å². The second kappa shape index (κ2) is 5.27. The first-order valence-corrected chi connectivity index (χ1v) is 5.94. The highest BCUT2D eigenvalue weighted by Crippen LogP contribution is 2.29. The van der Waals surface area contributed by atoms with E-state index in [1.54, 1.807) is 14.2 Å². The van der Waals surface area contributed by atoms with E-state index in [1.807, 2.05) is 29.7 Å². The quantitative estimate of drug-likeness (QED) is 0.798. The topological polar surface area (TPSA) is 49.2 Å². The Morgan fingerprint density at radius 1 is 1.22 bits per heavy atom. The first-order chi connectivity index (χ1) is 8.71. The highest BCUT2D eigenvalue weighted by Gasteiger charge is 2.14. The summed E-state index contributed by atoms with van der Waals surface area (Å²) in [7, 11) is 3.22. The smallest absolute Gasteiger partial charge is 0.152 e. The summed E-state index contributed by atoms with van der Waals surface area (Å²) in [6.45, 7) is 1.87. The zero-order chi connectivity index (χ0) is 13.1. The molecule has 1 aromatic carbocycles. The summed E-state index contributed by atoms with van der Waals surface area (Å²) >= 11 is 5.86. The van der Waals surface area contributed by atoms with Gasteiger partial charge in [0.1, 0.15) is 17.3 Å². The molecule has 1 heterocycles.